The van der Waals surface area contributed by atoms with Crippen molar-refractivity contribution in [1.82, 2.24) is 10.2 Å². The highest BCUT2D eigenvalue weighted by molar-refractivity contribution is 5.74. The first kappa shape index (κ1) is 17.5. The van der Waals surface area contributed by atoms with Crippen LogP contribution in [-0.4, -0.2) is 43.3 Å². The Bertz CT molecular complexity index is 645. The number of nitrogens with one attached hydrogen (secondary N) is 1. The smallest absolute Gasteiger partial charge is 0.317 e. The number of urea groups is 1. The molecule has 0 unspecified atom stereocenters. The van der Waals surface area contributed by atoms with Crippen LogP contribution in [-0.2, 0) is 17.6 Å². The van der Waals surface area contributed by atoms with Crippen molar-refractivity contribution in [1.29, 1.82) is 0 Å². The topological polar surface area (TPSA) is 41.6 Å². The lowest BCUT2D eigenvalue weighted by Crippen LogP contribution is -2.50. The van der Waals surface area contributed by atoms with Gasteiger partial charge in [0.15, 0.2) is 0 Å². The molecule has 4 heteroatoms. The number of ether oxygens (including phenoxy) is 1. The van der Waals surface area contributed by atoms with Gasteiger partial charge in [-0.15, -0.1) is 0 Å². The largest absolute Gasteiger partial charge is 0.374 e. The molecule has 132 valence electrons. The van der Waals surface area contributed by atoms with E-state index < -0.39 is 0 Å². The lowest BCUT2D eigenvalue weighted by molar-refractivity contribution is -0.0132. The fourth-order valence-electron chi connectivity index (χ4n) is 3.15. The molecule has 1 aliphatic rings. The molecule has 1 atom stereocenters. The monoisotopic (exact) mass is 338 g/mol. The van der Waals surface area contributed by atoms with Gasteiger partial charge in [0.25, 0.3) is 0 Å². The second-order valence-corrected chi connectivity index (χ2v) is 6.45. The summed E-state index contributed by atoms with van der Waals surface area (Å²) in [7, 11) is 0. The van der Waals surface area contributed by atoms with E-state index in [0.29, 0.717) is 26.2 Å². The number of nitrogens with zero attached hydrogens (tertiary/aromatic N) is 1. The Labute approximate surface area is 149 Å². The van der Waals surface area contributed by atoms with Gasteiger partial charge in [-0.1, -0.05) is 60.7 Å². The van der Waals surface area contributed by atoms with Gasteiger partial charge in [-0.25, -0.2) is 4.79 Å². The summed E-state index contributed by atoms with van der Waals surface area (Å²) in [6, 6.07) is 20.7. The standard InChI is InChI=1S/C21H26N2O2/c24-21(22-13-7-12-18-8-3-1-4-9-18)23-14-15-25-20(17-23)16-19-10-5-2-6-11-19/h1-6,8-11,20H,7,12-17H2,(H,22,24)/t20-/m1/s1. The fourth-order valence-corrected chi connectivity index (χ4v) is 3.15. The lowest BCUT2D eigenvalue weighted by atomic mass is 10.1. The SMILES string of the molecule is O=C(NCCCc1ccccc1)N1CCO[C@H](Cc2ccccc2)C1. The van der Waals surface area contributed by atoms with Crippen LogP contribution in [0.3, 0.4) is 0 Å². The first-order chi connectivity index (χ1) is 12.3. The average molecular weight is 338 g/mol. The van der Waals surface area contributed by atoms with Crippen LogP contribution in [0.25, 0.3) is 0 Å². The van der Waals surface area contributed by atoms with Gasteiger partial charge >= 0.3 is 6.03 Å². The quantitative estimate of drug-likeness (QED) is 0.822. The Balaban J connectivity index is 1.39. The molecule has 1 aliphatic heterocycles. The minimum atomic E-state index is 0.0226. The van der Waals surface area contributed by atoms with E-state index in [1.54, 1.807) is 0 Å². The number of morpholine rings is 1. The van der Waals surface area contributed by atoms with Gasteiger partial charge in [-0.2, -0.15) is 0 Å². The molecule has 4 nitrogen and oxygen atoms in total. The van der Waals surface area contributed by atoms with Crippen LogP contribution in [0.2, 0.25) is 0 Å². The highest BCUT2D eigenvalue weighted by Crippen LogP contribution is 2.12. The zero-order valence-corrected chi connectivity index (χ0v) is 14.6. The summed E-state index contributed by atoms with van der Waals surface area (Å²) < 4.78 is 5.82. The van der Waals surface area contributed by atoms with Crippen molar-refractivity contribution in [3.63, 3.8) is 0 Å². The van der Waals surface area contributed by atoms with E-state index >= 15 is 0 Å². The first-order valence-corrected chi connectivity index (χ1v) is 9.03. The molecule has 0 radical (unpaired) electrons. The molecule has 1 heterocycles. The molecule has 1 saturated heterocycles. The third-order valence-corrected chi connectivity index (χ3v) is 4.49. The van der Waals surface area contributed by atoms with Crippen LogP contribution >= 0.6 is 0 Å². The molecular weight excluding hydrogens is 312 g/mol. The minimum Gasteiger partial charge on any atom is -0.374 e. The Morgan fingerprint density at radius 2 is 1.72 bits per heavy atom. The maximum Gasteiger partial charge on any atom is 0.317 e. The van der Waals surface area contributed by atoms with E-state index in [0.717, 1.165) is 19.3 Å². The molecular formula is C21H26N2O2. The molecule has 0 aromatic heterocycles. The molecule has 1 fully saturated rings. The van der Waals surface area contributed by atoms with Crippen LogP contribution < -0.4 is 5.32 Å². The highest BCUT2D eigenvalue weighted by atomic mass is 16.5. The number of aryl methyl sites for hydroxylation is 1. The molecule has 0 spiro atoms. The maximum absolute atomic E-state index is 12.4. The summed E-state index contributed by atoms with van der Waals surface area (Å²) in [6.45, 7) is 2.62. The van der Waals surface area contributed by atoms with E-state index in [2.05, 4.69) is 41.7 Å². The Morgan fingerprint density at radius 1 is 1.04 bits per heavy atom. The highest BCUT2D eigenvalue weighted by Gasteiger charge is 2.24. The average Bonchev–Trinajstić information content (AvgIpc) is 2.67. The van der Waals surface area contributed by atoms with Gasteiger partial charge in [0.05, 0.1) is 12.7 Å². The molecule has 0 bridgehead atoms. The van der Waals surface area contributed by atoms with Crippen molar-refractivity contribution in [2.24, 2.45) is 0 Å². The van der Waals surface area contributed by atoms with Gasteiger partial charge in [0.2, 0.25) is 0 Å². The Morgan fingerprint density at radius 3 is 2.44 bits per heavy atom. The summed E-state index contributed by atoms with van der Waals surface area (Å²) in [4.78, 5) is 14.2. The van der Waals surface area contributed by atoms with Crippen molar-refractivity contribution >= 4 is 6.03 Å². The molecule has 3 rings (SSSR count). The lowest BCUT2D eigenvalue weighted by Gasteiger charge is -2.33. The molecule has 0 aliphatic carbocycles. The van der Waals surface area contributed by atoms with E-state index in [4.69, 9.17) is 4.74 Å². The predicted molar refractivity (Wildman–Crippen MR) is 99.6 cm³/mol. The minimum absolute atomic E-state index is 0.0226. The van der Waals surface area contributed by atoms with E-state index in [1.165, 1.54) is 11.1 Å². The third kappa shape index (κ3) is 5.61. The van der Waals surface area contributed by atoms with Gasteiger partial charge in [0, 0.05) is 26.1 Å². The molecule has 1 N–H and O–H groups in total. The van der Waals surface area contributed by atoms with Gasteiger partial charge in [0.1, 0.15) is 0 Å². The number of amides is 2. The van der Waals surface area contributed by atoms with E-state index in [9.17, 15) is 4.79 Å². The number of rotatable bonds is 6. The van der Waals surface area contributed by atoms with Crippen LogP contribution in [0.4, 0.5) is 4.79 Å². The van der Waals surface area contributed by atoms with Gasteiger partial charge in [-0.05, 0) is 24.0 Å². The molecule has 2 amide bonds. The molecule has 2 aromatic rings. The van der Waals surface area contributed by atoms with Crippen molar-refractivity contribution in [3.8, 4) is 0 Å². The number of carbonyl (C=O) groups excluding carboxylic acids is 1. The van der Waals surface area contributed by atoms with Crippen LogP contribution in [0.1, 0.15) is 17.5 Å². The summed E-state index contributed by atoms with van der Waals surface area (Å²) in [5, 5.41) is 3.04. The Kier molecular flexibility index (Phi) is 6.46. The predicted octanol–water partition coefficient (Wildman–Crippen LogP) is 3.27. The number of carbonyl (C=O) groups is 1. The third-order valence-electron chi connectivity index (χ3n) is 4.49. The number of benzene rings is 2. The van der Waals surface area contributed by atoms with E-state index in [1.807, 2.05) is 29.2 Å². The maximum atomic E-state index is 12.4. The van der Waals surface area contributed by atoms with Crippen molar-refractivity contribution in [2.45, 2.75) is 25.4 Å². The van der Waals surface area contributed by atoms with Crippen LogP contribution in [0.15, 0.2) is 60.7 Å². The van der Waals surface area contributed by atoms with Crippen molar-refractivity contribution < 1.29 is 9.53 Å². The summed E-state index contributed by atoms with van der Waals surface area (Å²) in [6.07, 6.45) is 2.86. The molecule has 25 heavy (non-hydrogen) atoms. The van der Waals surface area contributed by atoms with Crippen LogP contribution in [0, 0.1) is 0 Å². The normalized spacial score (nSPS) is 17.3. The second kappa shape index (κ2) is 9.23. The van der Waals surface area contributed by atoms with Crippen LogP contribution in [0.5, 0.6) is 0 Å². The second-order valence-electron chi connectivity index (χ2n) is 6.45. The number of hydrogen-bond donors (Lipinski definition) is 1. The summed E-state index contributed by atoms with van der Waals surface area (Å²) in [5.41, 5.74) is 2.56. The zero-order chi connectivity index (χ0) is 17.3. The fraction of sp³-hybridized carbons (Fsp3) is 0.381. The number of hydrogen-bond acceptors (Lipinski definition) is 2. The van der Waals surface area contributed by atoms with Crippen molar-refractivity contribution in [2.75, 3.05) is 26.2 Å². The first-order valence-electron chi connectivity index (χ1n) is 9.03. The van der Waals surface area contributed by atoms with Gasteiger partial charge in [-0.3, -0.25) is 0 Å². The Hall–Kier alpha value is -2.33. The molecule has 0 saturated carbocycles. The zero-order valence-electron chi connectivity index (χ0n) is 14.6. The van der Waals surface area contributed by atoms with Crippen molar-refractivity contribution in [3.05, 3.63) is 71.8 Å². The van der Waals surface area contributed by atoms with E-state index in [-0.39, 0.29) is 12.1 Å². The summed E-state index contributed by atoms with van der Waals surface area (Å²) in [5.74, 6) is 0. The summed E-state index contributed by atoms with van der Waals surface area (Å²) >= 11 is 0. The van der Waals surface area contributed by atoms with Gasteiger partial charge < -0.3 is 15.0 Å². The molecule has 2 aromatic carbocycles.